The van der Waals surface area contributed by atoms with Crippen LogP contribution < -0.4 is 19.1 Å². The summed E-state index contributed by atoms with van der Waals surface area (Å²) in [5.74, 6) is 2.63. The minimum atomic E-state index is 0.797. The molecule has 5 nitrogen and oxygen atoms in total. The van der Waals surface area contributed by atoms with Crippen molar-refractivity contribution >= 4 is 34.2 Å². The van der Waals surface area contributed by atoms with Gasteiger partial charge in [-0.2, -0.15) is 4.57 Å². The first-order valence-corrected chi connectivity index (χ1v) is 19.7. The van der Waals surface area contributed by atoms with E-state index >= 15 is 0 Å². The summed E-state index contributed by atoms with van der Waals surface area (Å²) in [6, 6.07) is 55.2. The lowest BCUT2D eigenvalue weighted by Crippen LogP contribution is -2.33. The normalized spacial score (nSPS) is 13.6. The first-order valence-electron chi connectivity index (χ1n) is 19.7. The lowest BCUT2D eigenvalue weighted by Gasteiger charge is -2.28. The van der Waals surface area contributed by atoms with Gasteiger partial charge in [-0.15, -0.1) is 0 Å². The van der Waals surface area contributed by atoms with Crippen molar-refractivity contribution in [1.82, 2.24) is 0 Å². The maximum Gasteiger partial charge on any atom is 0.374 e. The number of oxazole rings is 1. The number of hydrogen-bond donors (Lipinski definition) is 0. The van der Waals surface area contributed by atoms with Crippen LogP contribution >= 0.6 is 0 Å². The van der Waals surface area contributed by atoms with Crippen LogP contribution in [0.2, 0.25) is 0 Å². The molecule has 0 N–H and O–H groups in total. The van der Waals surface area contributed by atoms with Gasteiger partial charge >= 0.3 is 5.89 Å². The van der Waals surface area contributed by atoms with Crippen LogP contribution in [0.3, 0.4) is 0 Å². The van der Waals surface area contributed by atoms with Gasteiger partial charge in [-0.05, 0) is 122 Å². The van der Waals surface area contributed by atoms with Gasteiger partial charge in [0.1, 0.15) is 6.54 Å². The Balaban J connectivity index is 1.06. The molecule has 0 aliphatic carbocycles. The van der Waals surface area contributed by atoms with Gasteiger partial charge < -0.3 is 19.0 Å². The smallest absolute Gasteiger partial charge is 0.374 e. The lowest BCUT2D eigenvalue weighted by molar-refractivity contribution is -0.674. The van der Waals surface area contributed by atoms with Gasteiger partial charge in [0.15, 0.2) is 11.6 Å². The fraction of sp³-hybridized carbons (Fsp3) is 0.157. The molecule has 0 saturated carbocycles. The van der Waals surface area contributed by atoms with Gasteiger partial charge in [0.25, 0.3) is 5.52 Å². The van der Waals surface area contributed by atoms with E-state index in [0.717, 1.165) is 77.9 Å². The Morgan fingerprint density at radius 3 is 1.89 bits per heavy atom. The maximum absolute atomic E-state index is 6.52. The van der Waals surface area contributed by atoms with Crippen molar-refractivity contribution in [2.45, 2.75) is 46.1 Å². The average molecular weight is 735 g/mol. The lowest BCUT2D eigenvalue weighted by atomic mass is 10.0. The average Bonchev–Trinajstić information content (AvgIpc) is 3.78. The van der Waals surface area contributed by atoms with Gasteiger partial charge in [0, 0.05) is 30.2 Å². The molecule has 0 atom stereocenters. The van der Waals surface area contributed by atoms with E-state index in [0.29, 0.717) is 0 Å². The minimum Gasteiger partial charge on any atom is -0.439 e. The molecule has 0 saturated heterocycles. The van der Waals surface area contributed by atoms with E-state index in [-0.39, 0.29) is 0 Å². The number of para-hydroxylation sites is 2. The van der Waals surface area contributed by atoms with Crippen LogP contribution in [-0.4, -0.2) is 7.05 Å². The Hall–Kier alpha value is -6.59. The standard InChI is InChI=1S/C51H48N3O2/c1-4-53-47-37-43(41-23-13-6-14-24-41)31-34-49(47)56-51(53)35-32-39(38(2)54(44-25-15-8-16-26-44)45-27-17-9-18-28-45)20-10-7-19-29-50-52(3)46-36-42(30-33-48(46)55-50)40-21-11-5-12-22-40/h5-6,8-9,11-18,21-37H,4,7,10,19-20H2,1-3H3/q+1. The summed E-state index contributed by atoms with van der Waals surface area (Å²) < 4.78 is 15.1. The number of anilines is 3. The molecule has 56 heavy (non-hydrogen) atoms. The molecule has 278 valence electrons. The predicted octanol–water partition coefficient (Wildman–Crippen LogP) is 13.1. The first kappa shape index (κ1) is 36.4. The van der Waals surface area contributed by atoms with Crippen molar-refractivity contribution in [3.8, 4) is 28.0 Å². The first-order chi connectivity index (χ1) is 27.6. The molecule has 0 fully saturated rings. The van der Waals surface area contributed by atoms with E-state index in [4.69, 9.17) is 9.15 Å². The highest BCUT2D eigenvalue weighted by atomic mass is 16.5. The second-order valence-corrected chi connectivity index (χ2v) is 14.2. The summed E-state index contributed by atoms with van der Waals surface area (Å²) in [4.78, 5) is 4.53. The van der Waals surface area contributed by atoms with Gasteiger partial charge in [-0.1, -0.05) is 109 Å². The zero-order valence-electron chi connectivity index (χ0n) is 32.4. The fourth-order valence-electron chi connectivity index (χ4n) is 7.59. The molecule has 0 amide bonds. The summed E-state index contributed by atoms with van der Waals surface area (Å²) >= 11 is 0. The van der Waals surface area contributed by atoms with Crippen molar-refractivity contribution in [3.63, 3.8) is 0 Å². The highest BCUT2D eigenvalue weighted by Crippen LogP contribution is 2.41. The molecular weight excluding hydrogens is 687 g/mol. The predicted molar refractivity (Wildman–Crippen MR) is 232 cm³/mol. The molecule has 0 bridgehead atoms. The Morgan fingerprint density at radius 1 is 0.679 bits per heavy atom. The molecular formula is C51H48N3O2+. The Bertz CT molecular complexity index is 2460. The van der Waals surface area contributed by atoms with E-state index in [2.05, 4.69) is 211 Å². The van der Waals surface area contributed by atoms with Crippen molar-refractivity contribution in [1.29, 1.82) is 0 Å². The zero-order valence-corrected chi connectivity index (χ0v) is 32.4. The number of hydrogen-bond acceptors (Lipinski definition) is 4. The Morgan fingerprint density at radius 2 is 1.27 bits per heavy atom. The summed E-state index contributed by atoms with van der Waals surface area (Å²) in [5.41, 5.74) is 12.5. The van der Waals surface area contributed by atoms with Crippen LogP contribution in [0.4, 0.5) is 17.1 Å². The van der Waals surface area contributed by atoms with Crippen LogP contribution in [0.5, 0.6) is 5.75 Å². The summed E-state index contributed by atoms with van der Waals surface area (Å²) in [6.07, 6.45) is 10.5. The van der Waals surface area contributed by atoms with E-state index < -0.39 is 0 Å². The van der Waals surface area contributed by atoms with Gasteiger partial charge in [0.05, 0.1) is 11.8 Å². The fourth-order valence-corrected chi connectivity index (χ4v) is 7.59. The van der Waals surface area contributed by atoms with Crippen LogP contribution in [0.15, 0.2) is 191 Å². The molecule has 1 aromatic heterocycles. The molecule has 8 rings (SSSR count). The van der Waals surface area contributed by atoms with Gasteiger partial charge in [0.2, 0.25) is 5.58 Å². The quantitative estimate of drug-likeness (QED) is 0.0671. The number of benzene rings is 6. The molecule has 7 aromatic rings. The summed E-state index contributed by atoms with van der Waals surface area (Å²) in [6.45, 7) is 5.21. The highest BCUT2D eigenvalue weighted by Gasteiger charge is 2.24. The SMILES string of the molecule is CC[n+]1c(C=C/C(CCCCC=C2Oc3ccc(-c4ccccc4)cc3N2C)=C(/C)N(c2ccccc2)c2ccccc2)oc2ccc(-c3ccccc3)cc21. The molecule has 1 aliphatic heterocycles. The van der Waals surface area contributed by atoms with Gasteiger partial charge in [-0.3, -0.25) is 0 Å². The Labute approximate surface area is 330 Å². The van der Waals surface area contributed by atoms with Crippen LogP contribution in [0.1, 0.15) is 45.4 Å². The second kappa shape index (κ2) is 16.8. The van der Waals surface area contributed by atoms with Crippen LogP contribution in [-0.2, 0) is 6.54 Å². The zero-order chi connectivity index (χ0) is 38.3. The van der Waals surface area contributed by atoms with Crippen molar-refractivity contribution in [3.05, 3.63) is 193 Å². The number of nitrogens with zero attached hydrogens (tertiary/aromatic N) is 3. The number of aromatic nitrogens is 1. The molecule has 2 heterocycles. The van der Waals surface area contributed by atoms with Crippen LogP contribution in [0.25, 0.3) is 39.4 Å². The molecule has 0 spiro atoms. The third kappa shape index (κ3) is 7.80. The second-order valence-electron chi connectivity index (χ2n) is 14.2. The van der Waals surface area contributed by atoms with E-state index in [1.807, 2.05) is 0 Å². The number of rotatable bonds is 13. The van der Waals surface area contributed by atoms with Crippen molar-refractivity contribution in [2.75, 3.05) is 16.8 Å². The molecule has 5 heteroatoms. The number of fused-ring (bicyclic) bond motifs is 2. The van der Waals surface area contributed by atoms with Gasteiger partial charge in [-0.25, -0.2) is 0 Å². The largest absolute Gasteiger partial charge is 0.439 e. The minimum absolute atomic E-state index is 0.797. The van der Waals surface area contributed by atoms with E-state index in [1.54, 1.807) is 0 Å². The summed E-state index contributed by atoms with van der Waals surface area (Å²) in [7, 11) is 2.09. The molecule has 0 radical (unpaired) electrons. The number of ether oxygens (including phenoxy) is 1. The topological polar surface area (TPSA) is 32.7 Å². The van der Waals surface area contributed by atoms with E-state index in [9.17, 15) is 0 Å². The third-order valence-corrected chi connectivity index (χ3v) is 10.6. The summed E-state index contributed by atoms with van der Waals surface area (Å²) in [5, 5.41) is 0. The van der Waals surface area contributed by atoms with Crippen LogP contribution in [0, 0.1) is 0 Å². The molecule has 6 aromatic carbocycles. The van der Waals surface area contributed by atoms with E-state index in [1.165, 1.54) is 33.5 Å². The number of unbranched alkanes of at least 4 members (excludes halogenated alkanes) is 2. The number of aryl methyl sites for hydroxylation is 1. The van der Waals surface area contributed by atoms with Crippen molar-refractivity contribution < 1.29 is 13.7 Å². The highest BCUT2D eigenvalue weighted by molar-refractivity contribution is 5.79. The monoisotopic (exact) mass is 734 g/mol. The molecule has 0 unspecified atom stereocenters. The Kier molecular flexibility index (Phi) is 10.9. The van der Waals surface area contributed by atoms with Crippen molar-refractivity contribution in [2.24, 2.45) is 0 Å². The molecule has 1 aliphatic rings. The third-order valence-electron chi connectivity index (χ3n) is 10.6. The maximum atomic E-state index is 6.52. The number of allylic oxidation sites excluding steroid dienone is 4.